The van der Waals surface area contributed by atoms with Gasteiger partial charge in [-0.3, -0.25) is 4.79 Å². The zero-order valence-electron chi connectivity index (χ0n) is 19.1. The topological polar surface area (TPSA) is 55.8 Å². The molecule has 30 heavy (non-hydrogen) atoms. The number of rotatable bonds is 9. The van der Waals surface area contributed by atoms with E-state index >= 15 is 0 Å². The normalized spacial score (nSPS) is 15.3. The maximum absolute atomic E-state index is 12.1. The van der Waals surface area contributed by atoms with Gasteiger partial charge < -0.3 is 14.3 Å². The van der Waals surface area contributed by atoms with Crippen molar-refractivity contribution in [1.82, 2.24) is 0 Å². The second-order valence-corrected chi connectivity index (χ2v) is 13.3. The Morgan fingerprint density at radius 3 is 1.83 bits per heavy atom. The molecule has 0 saturated heterocycles. The maximum atomic E-state index is 12.1. The fourth-order valence-corrected chi connectivity index (χ4v) is 8.69. The molecule has 0 amide bonds. The minimum absolute atomic E-state index is 0.132. The van der Waals surface area contributed by atoms with Crippen LogP contribution in [0.5, 0.6) is 0 Å². The summed E-state index contributed by atoms with van der Waals surface area (Å²) in [4.78, 5) is 12.1. The van der Waals surface area contributed by atoms with E-state index in [1.807, 2.05) is 19.1 Å². The Kier molecular flexibility index (Phi) is 8.41. The quantitative estimate of drug-likeness (QED) is 0.488. The van der Waals surface area contributed by atoms with Gasteiger partial charge in [0, 0.05) is 12.5 Å². The number of carbonyl (C=O) groups excluding carboxylic acids is 1. The van der Waals surface area contributed by atoms with E-state index in [0.717, 1.165) is 0 Å². The van der Waals surface area contributed by atoms with Crippen LogP contribution in [0.3, 0.4) is 0 Å². The van der Waals surface area contributed by atoms with Gasteiger partial charge in [-0.25, -0.2) is 0 Å². The van der Waals surface area contributed by atoms with Crippen molar-refractivity contribution < 1.29 is 19.1 Å². The highest BCUT2D eigenvalue weighted by Gasteiger charge is 2.50. The Morgan fingerprint density at radius 1 is 0.967 bits per heavy atom. The summed E-state index contributed by atoms with van der Waals surface area (Å²) >= 11 is 0. The van der Waals surface area contributed by atoms with Gasteiger partial charge >= 0.3 is 5.97 Å². The molecule has 1 N–H and O–H groups in total. The molecular formula is C25H36O4Si. The maximum Gasteiger partial charge on any atom is 0.311 e. The summed E-state index contributed by atoms with van der Waals surface area (Å²) in [6, 6.07) is 20.8. The Morgan fingerprint density at radius 2 is 1.43 bits per heavy atom. The third kappa shape index (κ3) is 5.20. The molecule has 0 aliphatic rings. The molecule has 2 aromatic rings. The number of hydrogen-bond donors (Lipinski definition) is 1. The van der Waals surface area contributed by atoms with Gasteiger partial charge in [-0.15, -0.1) is 0 Å². The monoisotopic (exact) mass is 428 g/mol. The number of carbonyl (C=O) groups is 1. The molecule has 0 heterocycles. The van der Waals surface area contributed by atoms with Gasteiger partial charge in [0.05, 0.1) is 18.6 Å². The van der Waals surface area contributed by atoms with Crippen molar-refractivity contribution in [3.63, 3.8) is 0 Å². The molecular weight excluding hydrogens is 392 g/mol. The van der Waals surface area contributed by atoms with Crippen molar-refractivity contribution in [3.8, 4) is 0 Å². The molecule has 0 aliphatic heterocycles. The van der Waals surface area contributed by atoms with Crippen molar-refractivity contribution in [2.45, 2.75) is 52.7 Å². The molecule has 3 atom stereocenters. The van der Waals surface area contributed by atoms with Gasteiger partial charge in [0.25, 0.3) is 8.32 Å². The summed E-state index contributed by atoms with van der Waals surface area (Å²) in [6.07, 6.45) is -0.831. The molecule has 0 unspecified atom stereocenters. The van der Waals surface area contributed by atoms with E-state index in [-0.39, 0.29) is 16.9 Å². The molecule has 2 rings (SSSR count). The van der Waals surface area contributed by atoms with Crippen molar-refractivity contribution >= 4 is 24.7 Å². The lowest BCUT2D eigenvalue weighted by molar-refractivity contribution is -0.152. The smallest absolute Gasteiger partial charge is 0.311 e. The number of benzene rings is 2. The first-order valence-corrected chi connectivity index (χ1v) is 12.7. The second-order valence-electron chi connectivity index (χ2n) is 8.98. The number of hydrogen-bond acceptors (Lipinski definition) is 4. The van der Waals surface area contributed by atoms with Crippen LogP contribution in [-0.4, -0.2) is 38.7 Å². The lowest BCUT2D eigenvalue weighted by atomic mass is 9.94. The summed E-state index contributed by atoms with van der Waals surface area (Å²) in [6.45, 7) is 12.7. The highest BCUT2D eigenvalue weighted by Crippen LogP contribution is 2.37. The Labute approximate surface area is 182 Å². The van der Waals surface area contributed by atoms with Gasteiger partial charge in [-0.1, -0.05) is 88.4 Å². The van der Waals surface area contributed by atoms with Gasteiger partial charge in [0.1, 0.15) is 0 Å². The second kappa shape index (κ2) is 10.4. The summed E-state index contributed by atoms with van der Waals surface area (Å²) in [5.41, 5.74) is 0. The van der Waals surface area contributed by atoms with Crippen molar-refractivity contribution in [2.24, 2.45) is 11.8 Å². The third-order valence-electron chi connectivity index (χ3n) is 5.73. The standard InChI is InChI=1S/C25H36O4Si/c1-7-28-24(27)20(3)23(26)19(2)18-29-30(25(4,5)6,21-14-10-8-11-15-21)22-16-12-9-13-17-22/h8-17,19-20,23,26H,7,18H2,1-6H3/t19-,20-,23+/m0/s1. The Hall–Kier alpha value is -1.95. The van der Waals surface area contributed by atoms with Crippen LogP contribution in [0, 0.1) is 11.8 Å². The van der Waals surface area contributed by atoms with Crippen molar-refractivity contribution in [1.29, 1.82) is 0 Å². The lowest BCUT2D eigenvalue weighted by Gasteiger charge is -2.44. The first-order chi connectivity index (χ1) is 14.1. The number of esters is 1. The summed E-state index contributed by atoms with van der Waals surface area (Å²) < 4.78 is 11.9. The molecule has 0 saturated carbocycles. The molecule has 0 spiro atoms. The predicted molar refractivity (Wildman–Crippen MR) is 125 cm³/mol. The molecule has 0 aromatic heterocycles. The predicted octanol–water partition coefficient (Wildman–Crippen LogP) is 3.76. The van der Waals surface area contributed by atoms with E-state index in [1.165, 1.54) is 10.4 Å². The molecule has 0 fully saturated rings. The lowest BCUT2D eigenvalue weighted by Crippen LogP contribution is -2.67. The zero-order chi connectivity index (χ0) is 22.4. The summed E-state index contributed by atoms with van der Waals surface area (Å²) in [7, 11) is -2.66. The van der Waals surface area contributed by atoms with E-state index in [0.29, 0.717) is 13.2 Å². The van der Waals surface area contributed by atoms with Gasteiger partial charge in [-0.05, 0) is 29.3 Å². The first-order valence-electron chi connectivity index (χ1n) is 10.7. The molecule has 2 aromatic carbocycles. The number of aliphatic hydroxyl groups is 1. The average Bonchev–Trinajstić information content (AvgIpc) is 2.73. The van der Waals surface area contributed by atoms with E-state index < -0.39 is 20.3 Å². The minimum Gasteiger partial charge on any atom is -0.466 e. The van der Waals surface area contributed by atoms with Crippen LogP contribution in [0.15, 0.2) is 60.7 Å². The zero-order valence-corrected chi connectivity index (χ0v) is 20.1. The van der Waals surface area contributed by atoms with Crippen LogP contribution < -0.4 is 10.4 Å². The van der Waals surface area contributed by atoms with E-state index in [1.54, 1.807) is 13.8 Å². The van der Waals surface area contributed by atoms with Crippen LogP contribution in [0.25, 0.3) is 0 Å². The SMILES string of the molecule is CCOC(=O)[C@@H](C)[C@H](O)[C@@H](C)CO[Si](c1ccccc1)(c1ccccc1)C(C)(C)C. The fourth-order valence-electron chi connectivity index (χ4n) is 4.02. The van der Waals surface area contributed by atoms with E-state index in [2.05, 4.69) is 69.3 Å². The van der Waals surface area contributed by atoms with Crippen LogP contribution in [0.4, 0.5) is 0 Å². The fraction of sp³-hybridized carbons (Fsp3) is 0.480. The van der Waals surface area contributed by atoms with Gasteiger partial charge in [0.2, 0.25) is 0 Å². The van der Waals surface area contributed by atoms with Gasteiger partial charge in [-0.2, -0.15) is 0 Å². The van der Waals surface area contributed by atoms with Crippen LogP contribution >= 0.6 is 0 Å². The first kappa shape index (κ1) is 24.3. The van der Waals surface area contributed by atoms with Crippen molar-refractivity contribution in [2.75, 3.05) is 13.2 Å². The van der Waals surface area contributed by atoms with E-state index in [4.69, 9.17) is 9.16 Å². The van der Waals surface area contributed by atoms with Gasteiger partial charge in [0.15, 0.2) is 0 Å². The average molecular weight is 429 g/mol. The summed E-state index contributed by atoms with van der Waals surface area (Å²) in [5, 5.41) is 13.0. The Balaban J connectivity index is 2.38. The number of aliphatic hydroxyl groups excluding tert-OH is 1. The molecule has 164 valence electrons. The van der Waals surface area contributed by atoms with Crippen molar-refractivity contribution in [3.05, 3.63) is 60.7 Å². The molecule has 0 radical (unpaired) electrons. The molecule has 5 heteroatoms. The van der Waals surface area contributed by atoms with Crippen LogP contribution in [0.2, 0.25) is 5.04 Å². The highest BCUT2D eigenvalue weighted by atomic mass is 28.4. The largest absolute Gasteiger partial charge is 0.466 e. The Bertz CT molecular complexity index is 746. The molecule has 0 bridgehead atoms. The van der Waals surface area contributed by atoms with E-state index in [9.17, 15) is 9.90 Å². The summed E-state index contributed by atoms with van der Waals surface area (Å²) in [5.74, 6) is -1.18. The third-order valence-corrected chi connectivity index (χ3v) is 10.7. The molecule has 4 nitrogen and oxygen atoms in total. The molecule has 0 aliphatic carbocycles. The van der Waals surface area contributed by atoms with Crippen LogP contribution in [-0.2, 0) is 14.0 Å². The minimum atomic E-state index is -2.66. The number of ether oxygens (including phenoxy) is 1. The van der Waals surface area contributed by atoms with Crippen LogP contribution in [0.1, 0.15) is 41.5 Å². The highest BCUT2D eigenvalue weighted by molar-refractivity contribution is 6.99.